The van der Waals surface area contributed by atoms with E-state index in [2.05, 4.69) is 60.0 Å². The Hall–Kier alpha value is -8.15. The van der Waals surface area contributed by atoms with Crippen molar-refractivity contribution < 1.29 is 86.9 Å². The van der Waals surface area contributed by atoms with E-state index >= 15 is 0 Å². The number of nitrogens with one attached hydrogen (secondary N) is 5. The third kappa shape index (κ3) is 26.2. The number of likely N-dealkylation sites (tertiary alicyclic amines) is 1. The molecule has 4 heterocycles. The Bertz CT molecular complexity index is 4600. The molecule has 5 aromatic carbocycles. The van der Waals surface area contributed by atoms with Gasteiger partial charge in [-0.1, -0.05) is 125 Å². The fraction of sp³-hybridized carbons (Fsp3) is 0.500. The zero-order valence-electron chi connectivity index (χ0n) is 65.8. The molecule has 10 rings (SSSR count). The van der Waals surface area contributed by atoms with Crippen molar-refractivity contribution in [3.63, 3.8) is 0 Å². The standard InChI is InChI=1S/C80H102ClF3N10O11S4.C2HF3O2/c1-54(56-20-22-58(23-21-56)73-55(2)86-53-107-73)87-76(99)69-46-64(95)50-94(69)77(100)74(78(3,4)5)89-72(97)19-15-10-8-7-9-14-18-71(96)85-52-79(6)36-34-67(57-24-28-61(81)29-25-57)60(48-79)49-92-38-40-93(41-39-92)63-30-26-59(27-31-63)75(98)90-109(103,104)66-32-33-68(70(47-66)108(101,102)80(82,83)84)88-62(35-37-91-42-44-105-45-43-91)51-106-65-16-12-11-13-17-65;3-2(4,5)1(6)7/h11-13,16-17,20-33,47,53-54,62,64,69,74,88,95H,7-10,14-15,18-19,34-46,48-52H2,1-6H3,(H,85,96)(H,87,99)(H,89,97)(H,90,98);(H,6,7)/t54-,62+,64+,69-,74+,79+;/m0./s1. The largest absolute Gasteiger partial charge is 0.501 e. The molecule has 3 saturated heterocycles. The minimum Gasteiger partial charge on any atom is -0.475 e. The number of anilines is 2. The molecular formula is C82H103ClF6N10O13S4. The van der Waals surface area contributed by atoms with Gasteiger partial charge in [-0.05, 0) is 152 Å². The molecule has 632 valence electrons. The van der Waals surface area contributed by atoms with E-state index in [0.717, 1.165) is 101 Å². The Morgan fingerprint density at radius 1 is 0.767 bits per heavy atom. The number of halogens is 7. The van der Waals surface area contributed by atoms with Crippen molar-refractivity contribution in [1.29, 1.82) is 0 Å². The SMILES string of the molecule is Cc1ncsc1-c1ccc([C@H](C)NC(=O)[C@@H]2C[C@@H](O)CN2C(=O)[C@@H](NC(=O)CCCCCCCCC(=O)NC[C@]2(C)CCC(c3ccc(Cl)cc3)=C(CN3CCN(c4ccc(C(=O)NS(=O)(=O)c5ccc(N[C@H](CCN6CCOCC6)CSc6ccccc6)c(S(=O)(=O)C(F)(F)F)c5)cc4)CC3)C2)C(C)(C)C)cc1.O=C(O)C(F)(F)F. The van der Waals surface area contributed by atoms with Crippen LogP contribution < -0.4 is 30.9 Å². The molecule has 4 aliphatic rings. The van der Waals surface area contributed by atoms with Crippen LogP contribution in [0.25, 0.3) is 16.0 Å². The number of β-amino-alcohol motifs (C(OH)–C–C–N with tert-alkyl or cyclic N) is 1. The second-order valence-electron chi connectivity index (χ2n) is 31.2. The highest BCUT2D eigenvalue weighted by molar-refractivity contribution is 7.99. The fourth-order valence-corrected chi connectivity index (χ4v) is 18.4. The molecule has 1 aliphatic carbocycles. The van der Waals surface area contributed by atoms with Crippen molar-refractivity contribution >= 4 is 107 Å². The van der Waals surface area contributed by atoms with E-state index in [1.54, 1.807) is 23.5 Å². The number of sulfonamides is 1. The molecule has 0 unspecified atom stereocenters. The van der Waals surface area contributed by atoms with Crippen molar-refractivity contribution in [1.82, 2.24) is 40.4 Å². The molecule has 23 nitrogen and oxygen atoms in total. The maximum Gasteiger partial charge on any atom is 0.501 e. The van der Waals surface area contributed by atoms with Gasteiger partial charge in [0.05, 0.1) is 52.0 Å². The van der Waals surface area contributed by atoms with Crippen LogP contribution in [0, 0.1) is 17.8 Å². The number of sulfone groups is 1. The van der Waals surface area contributed by atoms with Gasteiger partial charge >= 0.3 is 17.7 Å². The highest BCUT2D eigenvalue weighted by Crippen LogP contribution is 2.44. The summed E-state index contributed by atoms with van der Waals surface area (Å²) in [6.07, 6.45) is 2.38. The predicted molar refractivity (Wildman–Crippen MR) is 436 cm³/mol. The molecule has 3 fully saturated rings. The lowest BCUT2D eigenvalue weighted by atomic mass is 9.71. The van der Waals surface area contributed by atoms with Crippen LogP contribution in [0.5, 0.6) is 0 Å². The first kappa shape index (κ1) is 91.7. The number of morpholine rings is 1. The van der Waals surface area contributed by atoms with Crippen LogP contribution in [-0.2, 0) is 48.6 Å². The Balaban J connectivity index is 0.00000210. The summed E-state index contributed by atoms with van der Waals surface area (Å²) in [5.41, 5.74) is 1.98. The zero-order chi connectivity index (χ0) is 84.3. The molecule has 0 spiro atoms. The van der Waals surface area contributed by atoms with E-state index in [-0.39, 0.29) is 54.1 Å². The number of aromatic nitrogens is 1. The molecule has 34 heteroatoms. The van der Waals surface area contributed by atoms with Gasteiger partial charge in [0, 0.05) is 118 Å². The summed E-state index contributed by atoms with van der Waals surface area (Å²) >= 11 is 9.36. The molecule has 116 heavy (non-hydrogen) atoms. The molecule has 1 aromatic heterocycles. The van der Waals surface area contributed by atoms with Gasteiger partial charge < -0.3 is 46.0 Å². The number of alkyl halides is 6. The number of ether oxygens (including phenoxy) is 1. The average molecular weight is 1710 g/mol. The highest BCUT2D eigenvalue weighted by Gasteiger charge is 2.49. The number of hydrogen-bond donors (Lipinski definition) is 7. The summed E-state index contributed by atoms with van der Waals surface area (Å²) in [7, 11) is -11.0. The minimum atomic E-state index is -6.11. The molecule has 6 atom stereocenters. The normalized spacial score (nSPS) is 18.8. The number of hydrogen-bond acceptors (Lipinski definition) is 19. The molecule has 0 bridgehead atoms. The number of aryl methyl sites for hydroxylation is 1. The monoisotopic (exact) mass is 1710 g/mol. The third-order valence-electron chi connectivity index (χ3n) is 21.1. The van der Waals surface area contributed by atoms with Gasteiger partial charge in [-0.25, -0.2) is 31.3 Å². The number of carboxylic acids is 1. The van der Waals surface area contributed by atoms with Crippen molar-refractivity contribution in [3.8, 4) is 10.4 Å². The molecule has 7 N–H and O–H groups in total. The number of carbonyl (C=O) groups excluding carboxylic acids is 5. The molecule has 5 amide bonds. The summed E-state index contributed by atoms with van der Waals surface area (Å²) in [4.78, 5) is 89.7. The van der Waals surface area contributed by atoms with Crippen LogP contribution in [0.3, 0.4) is 0 Å². The number of thioether (sulfide) groups is 1. The lowest BCUT2D eigenvalue weighted by Crippen LogP contribution is -2.57. The lowest BCUT2D eigenvalue weighted by molar-refractivity contribution is -0.192. The number of aliphatic hydroxyl groups excluding tert-OH is 1. The predicted octanol–water partition coefficient (Wildman–Crippen LogP) is 13.5. The van der Waals surface area contributed by atoms with Crippen molar-refractivity contribution in [2.45, 2.75) is 182 Å². The fourth-order valence-electron chi connectivity index (χ4n) is 14.5. The van der Waals surface area contributed by atoms with Crippen molar-refractivity contribution in [2.24, 2.45) is 10.8 Å². The van der Waals surface area contributed by atoms with Crippen LogP contribution in [0.4, 0.5) is 37.7 Å². The molecular weight excluding hydrogens is 1610 g/mol. The number of carboxylic acid groups (broad SMARTS) is 1. The average Bonchev–Trinajstić information content (AvgIpc) is 0.915. The second-order valence-corrected chi connectivity index (χ2v) is 37.2. The number of rotatable bonds is 33. The number of nitrogens with zero attached hydrogens (tertiary/aromatic N) is 5. The van der Waals surface area contributed by atoms with Gasteiger partial charge in [-0.3, -0.25) is 33.8 Å². The summed E-state index contributed by atoms with van der Waals surface area (Å²) in [6, 6.07) is 31.1. The Morgan fingerprint density at radius 3 is 1.99 bits per heavy atom. The Morgan fingerprint density at radius 2 is 1.39 bits per heavy atom. The van der Waals surface area contributed by atoms with E-state index < -0.39 is 94.5 Å². The summed E-state index contributed by atoms with van der Waals surface area (Å²) < 4.78 is 136. The van der Waals surface area contributed by atoms with E-state index in [1.807, 2.05) is 112 Å². The highest BCUT2D eigenvalue weighted by atomic mass is 35.5. The van der Waals surface area contributed by atoms with E-state index in [1.165, 1.54) is 39.9 Å². The maximum atomic E-state index is 14.4. The van der Waals surface area contributed by atoms with Crippen LogP contribution in [0.1, 0.15) is 151 Å². The molecule has 0 radical (unpaired) electrons. The van der Waals surface area contributed by atoms with Crippen LogP contribution in [0.2, 0.25) is 5.02 Å². The smallest absolute Gasteiger partial charge is 0.475 e. The third-order valence-corrected chi connectivity index (χ3v) is 26.4. The molecule has 0 saturated carbocycles. The van der Waals surface area contributed by atoms with Crippen LogP contribution >= 0.6 is 34.7 Å². The van der Waals surface area contributed by atoms with Gasteiger partial charge in [0.25, 0.3) is 25.8 Å². The quantitative estimate of drug-likeness (QED) is 0.0114. The van der Waals surface area contributed by atoms with Crippen LogP contribution in [-0.4, -0.2) is 203 Å². The summed E-state index contributed by atoms with van der Waals surface area (Å²) in [5, 5.41) is 30.8. The first-order chi connectivity index (χ1) is 54.8. The first-order valence-corrected chi connectivity index (χ1v) is 43.9. The summed E-state index contributed by atoms with van der Waals surface area (Å²) in [6.45, 7) is 18.4. The van der Waals surface area contributed by atoms with Gasteiger partial charge in [0.1, 0.15) is 17.0 Å². The number of allylic oxidation sites excluding steroid dienone is 1. The van der Waals surface area contributed by atoms with E-state index in [0.29, 0.717) is 108 Å². The van der Waals surface area contributed by atoms with Gasteiger partial charge in [-0.15, -0.1) is 23.1 Å². The Kier molecular flexibility index (Phi) is 32.4. The number of benzene rings is 5. The van der Waals surface area contributed by atoms with Gasteiger partial charge in [-0.2, -0.15) is 26.3 Å². The second kappa shape index (κ2) is 41.0. The van der Waals surface area contributed by atoms with Crippen molar-refractivity contribution in [3.05, 3.63) is 160 Å². The lowest BCUT2D eigenvalue weighted by Gasteiger charge is -2.41. The van der Waals surface area contributed by atoms with E-state index in [4.69, 9.17) is 26.2 Å². The van der Waals surface area contributed by atoms with Gasteiger partial charge in [0.2, 0.25) is 23.6 Å². The number of unbranched alkanes of at least 4 members (excludes halogenated alkanes) is 5. The molecule has 3 aliphatic heterocycles. The number of aliphatic hydroxyl groups is 1. The number of carbonyl (C=O) groups is 6. The van der Waals surface area contributed by atoms with Crippen molar-refractivity contribution in [2.75, 3.05) is 94.6 Å². The van der Waals surface area contributed by atoms with Crippen LogP contribution in [0.15, 0.2) is 147 Å². The summed E-state index contributed by atoms with van der Waals surface area (Å²) in [5.74, 6) is -4.51. The maximum absolute atomic E-state index is 14.4. The minimum absolute atomic E-state index is 0.00295. The van der Waals surface area contributed by atoms with E-state index in [9.17, 15) is 72.3 Å². The Labute approximate surface area is 687 Å². The number of amides is 5. The van der Waals surface area contributed by atoms with Gasteiger partial charge in [0.15, 0.2) is 0 Å². The topological polar surface area (TPSA) is 306 Å². The molecule has 6 aromatic rings. The number of aliphatic carboxylic acids is 1. The number of piperazine rings is 1. The first-order valence-electron chi connectivity index (χ1n) is 38.7. The number of thiazole rings is 1. The zero-order valence-corrected chi connectivity index (χ0v) is 69.8.